The van der Waals surface area contributed by atoms with E-state index in [0.717, 1.165) is 5.69 Å². The zero-order valence-electron chi connectivity index (χ0n) is 11.6. The van der Waals surface area contributed by atoms with E-state index in [1.807, 2.05) is 48.5 Å². The summed E-state index contributed by atoms with van der Waals surface area (Å²) in [5.41, 5.74) is 2.20. The number of nitrogens with zero attached hydrogens (tertiary/aromatic N) is 1. The summed E-state index contributed by atoms with van der Waals surface area (Å²) >= 11 is 0. The molecule has 0 saturated heterocycles. The van der Waals surface area contributed by atoms with Crippen molar-refractivity contribution in [2.24, 2.45) is 0 Å². The van der Waals surface area contributed by atoms with Crippen LogP contribution in [-0.2, 0) is 16.4 Å². The molecule has 4 heteroatoms. The van der Waals surface area contributed by atoms with Crippen molar-refractivity contribution in [2.75, 3.05) is 10.7 Å². The van der Waals surface area contributed by atoms with Gasteiger partial charge in [0.2, 0.25) is 0 Å². The Morgan fingerprint density at radius 1 is 0.952 bits per heavy atom. The van der Waals surface area contributed by atoms with Crippen LogP contribution in [0.5, 0.6) is 0 Å². The Balaban J connectivity index is 1.91. The highest BCUT2D eigenvalue weighted by Gasteiger charge is 2.27. The molecule has 0 unspecified atom stereocenters. The van der Waals surface area contributed by atoms with Crippen LogP contribution in [0.25, 0.3) is 0 Å². The highest BCUT2D eigenvalue weighted by atomic mass is 32.2. The fourth-order valence-electron chi connectivity index (χ4n) is 2.55. The van der Waals surface area contributed by atoms with Crippen molar-refractivity contribution < 1.29 is 8.42 Å². The Kier molecular flexibility index (Phi) is 3.80. The largest absolute Gasteiger partial charge is 0.360 e. The Bertz CT molecular complexity index is 724. The van der Waals surface area contributed by atoms with Crippen LogP contribution in [0.4, 0.5) is 5.69 Å². The number of sulfone groups is 1. The lowest BCUT2D eigenvalue weighted by atomic mass is 10.1. The van der Waals surface area contributed by atoms with Gasteiger partial charge in [0, 0.05) is 17.6 Å². The first-order valence-corrected chi connectivity index (χ1v) is 8.62. The molecule has 1 aliphatic heterocycles. The third kappa shape index (κ3) is 3.34. The minimum Gasteiger partial charge on any atom is -0.360 e. The molecule has 1 heterocycles. The van der Waals surface area contributed by atoms with Gasteiger partial charge in [-0.15, -0.1) is 0 Å². The molecule has 0 saturated carbocycles. The van der Waals surface area contributed by atoms with Crippen LogP contribution in [0.2, 0.25) is 0 Å². The van der Waals surface area contributed by atoms with Gasteiger partial charge in [-0.2, -0.15) is 0 Å². The van der Waals surface area contributed by atoms with Crippen LogP contribution in [0.15, 0.2) is 72.1 Å². The summed E-state index contributed by atoms with van der Waals surface area (Å²) in [5, 5.41) is 1.33. The van der Waals surface area contributed by atoms with Crippen molar-refractivity contribution in [3.8, 4) is 0 Å². The second-order valence-corrected chi connectivity index (χ2v) is 7.11. The van der Waals surface area contributed by atoms with Crippen molar-refractivity contribution in [1.29, 1.82) is 0 Å². The van der Waals surface area contributed by atoms with Crippen LogP contribution >= 0.6 is 0 Å². The second-order valence-electron chi connectivity index (χ2n) is 5.17. The summed E-state index contributed by atoms with van der Waals surface area (Å²) in [5.74, 6) is 0.148. The summed E-state index contributed by atoms with van der Waals surface area (Å²) < 4.78 is 23.4. The number of para-hydroxylation sites is 1. The van der Waals surface area contributed by atoms with Gasteiger partial charge in [0.05, 0.1) is 11.8 Å². The van der Waals surface area contributed by atoms with Crippen molar-refractivity contribution in [2.45, 2.75) is 12.6 Å². The first-order chi connectivity index (χ1) is 10.1. The monoisotopic (exact) mass is 299 g/mol. The Labute approximate surface area is 125 Å². The molecule has 0 bridgehead atoms. The molecule has 21 heavy (non-hydrogen) atoms. The van der Waals surface area contributed by atoms with E-state index in [0.29, 0.717) is 6.54 Å². The maximum absolute atomic E-state index is 11.7. The molecule has 0 N–H and O–H groups in total. The normalized spacial score (nSPS) is 19.5. The van der Waals surface area contributed by atoms with Gasteiger partial charge in [-0.3, -0.25) is 0 Å². The molecule has 3 rings (SSSR count). The third-order valence-electron chi connectivity index (χ3n) is 3.60. The molecule has 0 aliphatic carbocycles. The van der Waals surface area contributed by atoms with E-state index in [1.165, 1.54) is 11.0 Å². The number of anilines is 1. The highest BCUT2D eigenvalue weighted by molar-refractivity contribution is 7.94. The van der Waals surface area contributed by atoms with E-state index in [9.17, 15) is 8.42 Å². The predicted molar refractivity (Wildman–Crippen MR) is 85.8 cm³/mol. The number of hydrogen-bond donors (Lipinski definition) is 0. The van der Waals surface area contributed by atoms with E-state index in [4.69, 9.17) is 0 Å². The number of hydrogen-bond acceptors (Lipinski definition) is 3. The van der Waals surface area contributed by atoms with Crippen molar-refractivity contribution in [3.63, 3.8) is 0 Å². The first-order valence-electron chi connectivity index (χ1n) is 6.91. The molecular weight excluding hydrogens is 282 g/mol. The highest BCUT2D eigenvalue weighted by Crippen LogP contribution is 2.24. The molecule has 2 aromatic rings. The molecule has 0 spiro atoms. The van der Waals surface area contributed by atoms with E-state index in [2.05, 4.69) is 17.0 Å². The van der Waals surface area contributed by atoms with Gasteiger partial charge in [0.15, 0.2) is 9.84 Å². The van der Waals surface area contributed by atoms with E-state index >= 15 is 0 Å². The molecular formula is C17H17NO2S. The average molecular weight is 299 g/mol. The van der Waals surface area contributed by atoms with E-state index < -0.39 is 9.84 Å². The zero-order valence-corrected chi connectivity index (χ0v) is 12.4. The standard InChI is InChI=1S/C17H17NO2S/c19-21(20)12-11-17(14-21)18(16-9-5-2-6-10-16)13-15-7-3-1-4-8-15/h1-12,17H,13-14H2/t17-/m0/s1. The summed E-state index contributed by atoms with van der Waals surface area (Å²) in [7, 11) is -3.06. The Morgan fingerprint density at radius 3 is 2.14 bits per heavy atom. The number of benzene rings is 2. The van der Waals surface area contributed by atoms with Crippen molar-refractivity contribution >= 4 is 15.5 Å². The van der Waals surface area contributed by atoms with Gasteiger partial charge in [-0.25, -0.2) is 8.42 Å². The lowest BCUT2D eigenvalue weighted by molar-refractivity contribution is 0.601. The maximum Gasteiger partial charge on any atom is 0.173 e. The summed E-state index contributed by atoms with van der Waals surface area (Å²) in [6.45, 7) is 0.690. The zero-order chi connectivity index (χ0) is 14.7. The van der Waals surface area contributed by atoms with Crippen LogP contribution < -0.4 is 4.90 Å². The topological polar surface area (TPSA) is 37.4 Å². The van der Waals surface area contributed by atoms with Crippen LogP contribution in [0, 0.1) is 0 Å². The summed E-state index contributed by atoms with van der Waals surface area (Å²) in [6.07, 6.45) is 1.78. The molecule has 108 valence electrons. The van der Waals surface area contributed by atoms with Gasteiger partial charge in [-0.05, 0) is 23.8 Å². The Morgan fingerprint density at radius 2 is 1.57 bits per heavy atom. The average Bonchev–Trinajstić information content (AvgIpc) is 2.87. The molecule has 1 aliphatic rings. The molecule has 3 nitrogen and oxygen atoms in total. The quantitative estimate of drug-likeness (QED) is 0.871. The second kappa shape index (κ2) is 5.74. The van der Waals surface area contributed by atoms with Crippen LogP contribution in [-0.4, -0.2) is 20.2 Å². The van der Waals surface area contributed by atoms with Crippen molar-refractivity contribution in [1.82, 2.24) is 0 Å². The minimum absolute atomic E-state index is 0.113. The van der Waals surface area contributed by atoms with Crippen molar-refractivity contribution in [3.05, 3.63) is 77.7 Å². The number of rotatable bonds is 4. The van der Waals surface area contributed by atoms with E-state index in [1.54, 1.807) is 6.08 Å². The van der Waals surface area contributed by atoms with Gasteiger partial charge in [0.1, 0.15) is 0 Å². The smallest absolute Gasteiger partial charge is 0.173 e. The summed E-state index contributed by atoms with van der Waals surface area (Å²) in [6, 6.07) is 19.9. The fourth-order valence-corrected chi connectivity index (χ4v) is 3.85. The van der Waals surface area contributed by atoms with Gasteiger partial charge in [0.25, 0.3) is 0 Å². The molecule has 1 atom stereocenters. The molecule has 0 aromatic heterocycles. The lowest BCUT2D eigenvalue weighted by Crippen LogP contribution is -2.35. The summed E-state index contributed by atoms with van der Waals surface area (Å²) in [4.78, 5) is 2.14. The Hall–Kier alpha value is -2.07. The maximum atomic E-state index is 11.7. The van der Waals surface area contributed by atoms with Crippen LogP contribution in [0.3, 0.4) is 0 Å². The molecule has 0 fully saturated rings. The lowest BCUT2D eigenvalue weighted by Gasteiger charge is -2.30. The minimum atomic E-state index is -3.06. The van der Waals surface area contributed by atoms with Gasteiger partial charge in [-0.1, -0.05) is 48.5 Å². The molecule has 0 amide bonds. The SMILES string of the molecule is O=S1(=O)C=C[C@H](N(Cc2ccccc2)c2ccccc2)C1. The van der Waals surface area contributed by atoms with Gasteiger partial charge < -0.3 is 4.90 Å². The molecule has 2 aromatic carbocycles. The fraction of sp³-hybridized carbons (Fsp3) is 0.176. The predicted octanol–water partition coefficient (Wildman–Crippen LogP) is 3.00. The molecule has 0 radical (unpaired) electrons. The van der Waals surface area contributed by atoms with E-state index in [-0.39, 0.29) is 11.8 Å². The first kappa shape index (κ1) is 13.9. The van der Waals surface area contributed by atoms with Gasteiger partial charge >= 0.3 is 0 Å². The van der Waals surface area contributed by atoms with Crippen LogP contribution in [0.1, 0.15) is 5.56 Å². The third-order valence-corrected chi connectivity index (χ3v) is 4.97.